The van der Waals surface area contributed by atoms with E-state index in [1.165, 1.54) is 4.90 Å². The number of nitrogens with zero attached hydrogens (tertiary/aromatic N) is 1. The molecule has 1 fully saturated rings. The van der Waals surface area contributed by atoms with Crippen molar-refractivity contribution in [3.63, 3.8) is 0 Å². The third-order valence-electron chi connectivity index (χ3n) is 5.36. The van der Waals surface area contributed by atoms with E-state index in [1.54, 1.807) is 55.6 Å². The Bertz CT molecular complexity index is 953. The molecule has 2 unspecified atom stereocenters. The maximum atomic E-state index is 12.6. The van der Waals surface area contributed by atoms with Gasteiger partial charge in [-0.1, -0.05) is 24.3 Å². The molecule has 0 bridgehead atoms. The molecule has 0 spiro atoms. The highest BCUT2D eigenvalue weighted by atomic mass is 16.5. The Morgan fingerprint density at radius 3 is 2.24 bits per heavy atom. The molecular formula is C23H21NO5. The van der Waals surface area contributed by atoms with Crippen LogP contribution in [0.15, 0.2) is 60.7 Å². The van der Waals surface area contributed by atoms with Crippen LogP contribution in [0.5, 0.6) is 11.5 Å². The van der Waals surface area contributed by atoms with Crippen LogP contribution >= 0.6 is 0 Å². The van der Waals surface area contributed by atoms with E-state index >= 15 is 0 Å². The molecule has 2 aliphatic rings. The van der Waals surface area contributed by atoms with Crippen LogP contribution in [0, 0.1) is 11.8 Å². The quantitative estimate of drug-likeness (QED) is 0.429. The Kier molecular flexibility index (Phi) is 5.16. The number of carbonyl (C=O) groups is 3. The van der Waals surface area contributed by atoms with E-state index in [2.05, 4.69) is 0 Å². The Morgan fingerprint density at radius 1 is 0.966 bits per heavy atom. The van der Waals surface area contributed by atoms with Gasteiger partial charge in [0.05, 0.1) is 24.6 Å². The van der Waals surface area contributed by atoms with Crippen molar-refractivity contribution in [1.29, 1.82) is 0 Å². The lowest BCUT2D eigenvalue weighted by atomic mass is 9.85. The highest BCUT2D eigenvalue weighted by molar-refractivity contribution is 6.22. The Labute approximate surface area is 168 Å². The molecule has 1 heterocycles. The zero-order chi connectivity index (χ0) is 20.4. The number of Topliss-reactive ketones (excluding diaryl/α,β-unsaturated/α-hetero) is 1. The number of amides is 2. The first-order valence-electron chi connectivity index (χ1n) is 9.51. The van der Waals surface area contributed by atoms with E-state index in [0.29, 0.717) is 35.6 Å². The van der Waals surface area contributed by atoms with Crippen molar-refractivity contribution in [3.8, 4) is 11.5 Å². The summed E-state index contributed by atoms with van der Waals surface area (Å²) in [5.41, 5.74) is 1.03. The maximum absolute atomic E-state index is 12.6. The lowest BCUT2D eigenvalue weighted by Gasteiger charge is -2.15. The molecule has 6 nitrogen and oxygen atoms in total. The second-order valence-electron chi connectivity index (χ2n) is 7.11. The molecule has 0 aromatic heterocycles. The van der Waals surface area contributed by atoms with Crippen LogP contribution in [0.2, 0.25) is 0 Å². The number of anilines is 1. The topological polar surface area (TPSA) is 72.9 Å². The van der Waals surface area contributed by atoms with E-state index in [4.69, 9.17) is 9.47 Å². The van der Waals surface area contributed by atoms with Crippen molar-refractivity contribution in [1.82, 2.24) is 0 Å². The highest BCUT2D eigenvalue weighted by Crippen LogP contribution is 2.37. The minimum atomic E-state index is -0.260. The number of benzene rings is 2. The number of hydrogen-bond donors (Lipinski definition) is 0. The second kappa shape index (κ2) is 7.91. The fourth-order valence-corrected chi connectivity index (χ4v) is 3.77. The van der Waals surface area contributed by atoms with Gasteiger partial charge in [0.25, 0.3) is 0 Å². The van der Waals surface area contributed by atoms with Crippen LogP contribution in [0.25, 0.3) is 0 Å². The van der Waals surface area contributed by atoms with Crippen molar-refractivity contribution >= 4 is 23.3 Å². The minimum Gasteiger partial charge on any atom is -0.497 e. The first-order chi connectivity index (χ1) is 14.1. The zero-order valence-electron chi connectivity index (χ0n) is 16.0. The third kappa shape index (κ3) is 3.66. The summed E-state index contributed by atoms with van der Waals surface area (Å²) in [6, 6.07) is 13.5. The predicted molar refractivity (Wildman–Crippen MR) is 107 cm³/mol. The number of ketones is 1. The number of fused-ring (bicyclic) bond motifs is 1. The average Bonchev–Trinajstić information content (AvgIpc) is 3.03. The van der Waals surface area contributed by atoms with E-state index in [-0.39, 0.29) is 36.0 Å². The van der Waals surface area contributed by atoms with Gasteiger partial charge in [0.2, 0.25) is 11.8 Å². The Morgan fingerprint density at radius 2 is 1.62 bits per heavy atom. The number of allylic oxidation sites excluding steroid dienone is 2. The van der Waals surface area contributed by atoms with Crippen molar-refractivity contribution < 1.29 is 23.9 Å². The van der Waals surface area contributed by atoms with Crippen LogP contribution in [0.1, 0.15) is 23.2 Å². The molecule has 1 saturated heterocycles. The molecule has 6 heteroatoms. The van der Waals surface area contributed by atoms with Gasteiger partial charge in [0.1, 0.15) is 11.5 Å². The maximum Gasteiger partial charge on any atom is 0.238 e. The monoisotopic (exact) mass is 391 g/mol. The lowest BCUT2D eigenvalue weighted by molar-refractivity contribution is -0.122. The molecule has 1 aliphatic heterocycles. The van der Waals surface area contributed by atoms with Gasteiger partial charge >= 0.3 is 0 Å². The standard InChI is InChI=1S/C23H21NO5/c1-28-18-6-4-5-15(13-18)21(25)14-29-17-11-9-16(10-12-17)24-22(26)19-7-2-3-8-20(19)23(24)27/h2-6,9-13,19-20H,7-8,14H2,1H3. The predicted octanol–water partition coefficient (Wildman–Crippen LogP) is 3.41. The normalized spacial score (nSPS) is 20.5. The molecule has 148 valence electrons. The van der Waals surface area contributed by atoms with Crippen LogP contribution in [0.4, 0.5) is 5.69 Å². The van der Waals surface area contributed by atoms with Gasteiger partial charge in [-0.05, 0) is 49.2 Å². The van der Waals surface area contributed by atoms with Gasteiger partial charge in [0, 0.05) is 5.56 Å². The highest BCUT2D eigenvalue weighted by Gasteiger charge is 2.47. The largest absolute Gasteiger partial charge is 0.497 e. The molecule has 2 aromatic carbocycles. The molecular weight excluding hydrogens is 370 g/mol. The van der Waals surface area contributed by atoms with Crippen LogP contribution in [-0.4, -0.2) is 31.3 Å². The number of methoxy groups -OCH3 is 1. The molecule has 1 aliphatic carbocycles. The van der Waals surface area contributed by atoms with Gasteiger partial charge in [0.15, 0.2) is 12.4 Å². The average molecular weight is 391 g/mol. The Hall–Kier alpha value is -3.41. The van der Waals surface area contributed by atoms with Crippen molar-refractivity contribution in [2.45, 2.75) is 12.8 Å². The zero-order valence-corrected chi connectivity index (χ0v) is 16.0. The number of hydrogen-bond acceptors (Lipinski definition) is 5. The van der Waals surface area contributed by atoms with Crippen molar-refractivity contribution in [2.75, 3.05) is 18.6 Å². The molecule has 2 aromatic rings. The SMILES string of the molecule is COc1cccc(C(=O)COc2ccc(N3C(=O)C4CC=CCC4C3=O)cc2)c1. The van der Waals surface area contributed by atoms with Crippen LogP contribution in [0.3, 0.4) is 0 Å². The molecule has 0 saturated carbocycles. The third-order valence-corrected chi connectivity index (χ3v) is 5.36. The fraction of sp³-hybridized carbons (Fsp3) is 0.261. The summed E-state index contributed by atoms with van der Waals surface area (Å²) in [7, 11) is 1.54. The van der Waals surface area contributed by atoms with Gasteiger partial charge in [-0.2, -0.15) is 0 Å². The van der Waals surface area contributed by atoms with Gasteiger partial charge < -0.3 is 9.47 Å². The second-order valence-corrected chi connectivity index (χ2v) is 7.11. The minimum absolute atomic E-state index is 0.121. The first kappa shape index (κ1) is 18.9. The molecule has 2 atom stereocenters. The smallest absolute Gasteiger partial charge is 0.238 e. The Balaban J connectivity index is 1.41. The van der Waals surface area contributed by atoms with E-state index in [9.17, 15) is 14.4 Å². The van der Waals surface area contributed by atoms with E-state index in [1.807, 2.05) is 12.2 Å². The molecule has 2 amide bonds. The molecule has 4 rings (SSSR count). The van der Waals surface area contributed by atoms with Crippen LogP contribution < -0.4 is 14.4 Å². The summed E-state index contributed by atoms with van der Waals surface area (Å²) in [6.07, 6.45) is 5.15. The molecule has 0 radical (unpaired) electrons. The van der Waals surface area contributed by atoms with Crippen LogP contribution in [-0.2, 0) is 9.59 Å². The fourth-order valence-electron chi connectivity index (χ4n) is 3.77. The summed E-state index contributed by atoms with van der Waals surface area (Å²) in [6.45, 7) is -0.121. The van der Waals surface area contributed by atoms with E-state index < -0.39 is 0 Å². The van der Waals surface area contributed by atoms with Gasteiger partial charge in [-0.25, -0.2) is 0 Å². The summed E-state index contributed by atoms with van der Waals surface area (Å²) < 4.78 is 10.7. The lowest BCUT2D eigenvalue weighted by Crippen LogP contribution is -2.30. The first-order valence-corrected chi connectivity index (χ1v) is 9.51. The van der Waals surface area contributed by atoms with Crippen molar-refractivity contribution in [3.05, 3.63) is 66.2 Å². The summed E-state index contributed by atoms with van der Waals surface area (Å²) in [5.74, 6) is 0.110. The van der Waals surface area contributed by atoms with E-state index in [0.717, 1.165) is 0 Å². The summed E-state index contributed by atoms with van der Waals surface area (Å²) in [4.78, 5) is 38.9. The number of imide groups is 1. The van der Waals surface area contributed by atoms with Gasteiger partial charge in [-0.3, -0.25) is 19.3 Å². The summed E-state index contributed by atoms with van der Waals surface area (Å²) in [5, 5.41) is 0. The number of rotatable bonds is 6. The van der Waals surface area contributed by atoms with Crippen molar-refractivity contribution in [2.24, 2.45) is 11.8 Å². The summed E-state index contributed by atoms with van der Waals surface area (Å²) >= 11 is 0. The van der Waals surface area contributed by atoms with Gasteiger partial charge in [-0.15, -0.1) is 0 Å². The molecule has 0 N–H and O–H groups in total. The molecule has 29 heavy (non-hydrogen) atoms. The number of carbonyl (C=O) groups excluding carboxylic acids is 3. The number of ether oxygens (including phenoxy) is 2.